The molecule has 0 atom stereocenters. The number of carbonyl (C=O) groups excluding carboxylic acids is 1. The van der Waals surface area contributed by atoms with Gasteiger partial charge in [-0.3, -0.25) is 29.8 Å². The molecule has 38 heavy (non-hydrogen) atoms. The van der Waals surface area contributed by atoms with Gasteiger partial charge in [-0.1, -0.05) is 19.9 Å². The lowest BCUT2D eigenvalue weighted by Gasteiger charge is -2.09. The van der Waals surface area contributed by atoms with Crippen LogP contribution in [0, 0.1) is 11.7 Å². The van der Waals surface area contributed by atoms with Gasteiger partial charge in [0.05, 0.1) is 40.7 Å². The van der Waals surface area contributed by atoms with Crippen molar-refractivity contribution < 1.29 is 9.18 Å². The molecule has 0 spiro atoms. The van der Waals surface area contributed by atoms with E-state index in [2.05, 4.69) is 40.4 Å². The van der Waals surface area contributed by atoms with Gasteiger partial charge in [-0.25, -0.2) is 9.37 Å². The standard InChI is InChI=1S/C27H22FN9O/c1-14(2)6-21(38)33-17-7-16(9-30-10-17)24-23(28)22-19(13-32-24)36-37-26(22)27-34-20-12-31-11-18(25(20)35-27)15-4-3-5-29-8-15/h3-5,7-14H,6H2,1-2H3,(H,33,38)(H,34,35)(H,36,37). The third kappa shape index (κ3) is 4.23. The maximum atomic E-state index is 16.0. The Morgan fingerprint density at radius 1 is 1.00 bits per heavy atom. The minimum Gasteiger partial charge on any atom is -0.335 e. The van der Waals surface area contributed by atoms with Gasteiger partial charge in [0.2, 0.25) is 5.91 Å². The maximum absolute atomic E-state index is 16.0. The van der Waals surface area contributed by atoms with E-state index in [1.54, 1.807) is 30.9 Å². The molecule has 0 fully saturated rings. The van der Waals surface area contributed by atoms with E-state index in [0.29, 0.717) is 45.7 Å². The lowest BCUT2D eigenvalue weighted by molar-refractivity contribution is -0.116. The molecule has 188 valence electrons. The number of nitrogens with one attached hydrogen (secondary N) is 3. The average molecular weight is 508 g/mol. The number of H-pyrrole nitrogens is 2. The zero-order valence-electron chi connectivity index (χ0n) is 20.5. The predicted molar refractivity (Wildman–Crippen MR) is 141 cm³/mol. The van der Waals surface area contributed by atoms with Crippen LogP contribution in [0.2, 0.25) is 0 Å². The van der Waals surface area contributed by atoms with Crippen LogP contribution >= 0.6 is 0 Å². The van der Waals surface area contributed by atoms with Crippen molar-refractivity contribution in [2.24, 2.45) is 5.92 Å². The molecule has 0 radical (unpaired) electrons. The van der Waals surface area contributed by atoms with Crippen LogP contribution in [0.5, 0.6) is 0 Å². The number of carbonyl (C=O) groups is 1. The van der Waals surface area contributed by atoms with Gasteiger partial charge in [-0.05, 0) is 18.1 Å². The Kier molecular flexibility index (Phi) is 5.79. The smallest absolute Gasteiger partial charge is 0.224 e. The fourth-order valence-electron chi connectivity index (χ4n) is 4.35. The molecule has 3 N–H and O–H groups in total. The molecule has 0 saturated carbocycles. The van der Waals surface area contributed by atoms with Crippen molar-refractivity contribution in [2.45, 2.75) is 20.3 Å². The minimum absolute atomic E-state index is 0.0847. The number of amides is 1. The van der Waals surface area contributed by atoms with E-state index >= 15 is 4.39 Å². The van der Waals surface area contributed by atoms with Gasteiger partial charge in [0, 0.05) is 47.9 Å². The van der Waals surface area contributed by atoms with Gasteiger partial charge >= 0.3 is 0 Å². The van der Waals surface area contributed by atoms with Gasteiger partial charge in [-0.15, -0.1) is 0 Å². The summed E-state index contributed by atoms with van der Waals surface area (Å²) in [6.45, 7) is 3.92. The zero-order valence-corrected chi connectivity index (χ0v) is 20.5. The van der Waals surface area contributed by atoms with E-state index in [1.807, 2.05) is 26.0 Å². The van der Waals surface area contributed by atoms with Crippen LogP contribution in [0.4, 0.5) is 10.1 Å². The van der Waals surface area contributed by atoms with Gasteiger partial charge in [0.15, 0.2) is 11.6 Å². The monoisotopic (exact) mass is 507 g/mol. The highest BCUT2D eigenvalue weighted by Gasteiger charge is 2.21. The fraction of sp³-hybridized carbons (Fsp3) is 0.148. The van der Waals surface area contributed by atoms with E-state index in [-0.39, 0.29) is 22.9 Å². The molecule has 0 aliphatic heterocycles. The van der Waals surface area contributed by atoms with Crippen LogP contribution in [-0.4, -0.2) is 46.0 Å². The largest absolute Gasteiger partial charge is 0.335 e. The van der Waals surface area contributed by atoms with Crippen LogP contribution in [0.1, 0.15) is 20.3 Å². The van der Waals surface area contributed by atoms with Gasteiger partial charge in [0.1, 0.15) is 16.9 Å². The molecule has 11 heteroatoms. The van der Waals surface area contributed by atoms with Crippen LogP contribution in [0.25, 0.3) is 55.8 Å². The van der Waals surface area contributed by atoms with Crippen molar-refractivity contribution in [3.05, 3.63) is 67.4 Å². The molecule has 10 nitrogen and oxygen atoms in total. The molecule has 0 saturated heterocycles. The number of anilines is 1. The minimum atomic E-state index is -0.579. The van der Waals surface area contributed by atoms with E-state index in [4.69, 9.17) is 4.98 Å². The van der Waals surface area contributed by atoms with E-state index in [9.17, 15) is 4.79 Å². The Morgan fingerprint density at radius 2 is 1.84 bits per heavy atom. The number of rotatable bonds is 6. The summed E-state index contributed by atoms with van der Waals surface area (Å²) >= 11 is 0. The van der Waals surface area contributed by atoms with Crippen LogP contribution in [0.15, 0.2) is 61.6 Å². The first-order valence-corrected chi connectivity index (χ1v) is 12.0. The second-order valence-corrected chi connectivity index (χ2v) is 9.30. The topological polar surface area (TPSA) is 138 Å². The van der Waals surface area contributed by atoms with E-state index in [1.165, 1.54) is 18.6 Å². The van der Waals surface area contributed by atoms with Crippen LogP contribution in [-0.2, 0) is 4.79 Å². The summed E-state index contributed by atoms with van der Waals surface area (Å²) in [6.07, 6.45) is 11.7. The van der Waals surface area contributed by atoms with Crippen molar-refractivity contribution in [1.82, 2.24) is 40.1 Å². The number of aromatic nitrogens is 8. The lowest BCUT2D eigenvalue weighted by atomic mass is 10.1. The lowest BCUT2D eigenvalue weighted by Crippen LogP contribution is -2.14. The highest BCUT2D eigenvalue weighted by molar-refractivity contribution is 5.98. The second kappa shape index (κ2) is 9.43. The number of hydrogen-bond acceptors (Lipinski definition) is 7. The fourth-order valence-corrected chi connectivity index (χ4v) is 4.35. The van der Waals surface area contributed by atoms with Gasteiger partial charge in [-0.2, -0.15) is 5.10 Å². The molecular formula is C27H22FN9O. The number of pyridine rings is 4. The second-order valence-electron chi connectivity index (χ2n) is 9.30. The molecule has 6 aromatic rings. The maximum Gasteiger partial charge on any atom is 0.224 e. The molecular weight excluding hydrogens is 485 g/mol. The summed E-state index contributed by atoms with van der Waals surface area (Å²) in [6, 6.07) is 5.41. The van der Waals surface area contributed by atoms with Crippen molar-refractivity contribution in [3.63, 3.8) is 0 Å². The SMILES string of the molecule is CC(C)CC(=O)Nc1cncc(-c2ncc3[nH]nc(-c4nc5c(-c6cccnc6)cncc5[nH]4)c3c2F)c1. The number of fused-ring (bicyclic) bond motifs is 2. The molecule has 1 amide bonds. The number of halogens is 1. The van der Waals surface area contributed by atoms with Crippen LogP contribution < -0.4 is 5.32 Å². The van der Waals surface area contributed by atoms with Crippen molar-refractivity contribution >= 4 is 33.5 Å². The summed E-state index contributed by atoms with van der Waals surface area (Å²) in [5.74, 6) is -0.121. The molecule has 0 aliphatic rings. The Hall–Kier alpha value is -5.06. The molecule has 0 bridgehead atoms. The van der Waals surface area contributed by atoms with Crippen LogP contribution in [0.3, 0.4) is 0 Å². The first-order valence-electron chi connectivity index (χ1n) is 12.0. The summed E-state index contributed by atoms with van der Waals surface area (Å²) in [4.78, 5) is 37.1. The normalized spacial score (nSPS) is 11.5. The zero-order chi connectivity index (χ0) is 26.2. The summed E-state index contributed by atoms with van der Waals surface area (Å²) < 4.78 is 16.0. The van der Waals surface area contributed by atoms with E-state index in [0.717, 1.165) is 11.1 Å². The quantitative estimate of drug-likeness (QED) is 0.284. The molecule has 6 rings (SSSR count). The Balaban J connectivity index is 1.42. The predicted octanol–water partition coefficient (Wildman–Crippen LogP) is 5.14. The van der Waals surface area contributed by atoms with Crippen molar-refractivity contribution in [2.75, 3.05) is 5.32 Å². The molecule has 0 aromatic carbocycles. The Labute approximate surface area is 215 Å². The third-order valence-corrected chi connectivity index (χ3v) is 6.02. The third-order valence-electron chi connectivity index (χ3n) is 6.02. The van der Waals surface area contributed by atoms with Gasteiger partial charge in [0.25, 0.3) is 0 Å². The molecule has 0 aliphatic carbocycles. The van der Waals surface area contributed by atoms with Crippen molar-refractivity contribution in [1.29, 1.82) is 0 Å². The summed E-state index contributed by atoms with van der Waals surface area (Å²) in [5, 5.41) is 10.2. The summed E-state index contributed by atoms with van der Waals surface area (Å²) in [5.41, 5.74) is 4.71. The first kappa shape index (κ1) is 23.3. The highest BCUT2D eigenvalue weighted by Crippen LogP contribution is 2.34. The highest BCUT2D eigenvalue weighted by atomic mass is 19.1. The summed E-state index contributed by atoms with van der Waals surface area (Å²) in [7, 11) is 0. The average Bonchev–Trinajstić information content (AvgIpc) is 3.54. The Morgan fingerprint density at radius 3 is 2.66 bits per heavy atom. The molecule has 6 heterocycles. The number of aromatic amines is 2. The molecule has 0 unspecified atom stereocenters. The first-order chi connectivity index (χ1) is 18.5. The Bertz CT molecular complexity index is 1790. The van der Waals surface area contributed by atoms with E-state index < -0.39 is 5.82 Å². The van der Waals surface area contributed by atoms with Crippen molar-refractivity contribution in [3.8, 4) is 33.9 Å². The number of hydrogen-bond donors (Lipinski definition) is 3. The number of nitrogens with zero attached hydrogens (tertiary/aromatic N) is 6. The van der Waals surface area contributed by atoms with Gasteiger partial charge < -0.3 is 10.3 Å². The molecule has 6 aromatic heterocycles. The number of imidazole rings is 1.